The number of aromatic nitrogens is 1. The zero-order valence-corrected chi connectivity index (χ0v) is 15.2. The first-order valence-corrected chi connectivity index (χ1v) is 9.11. The first kappa shape index (κ1) is 18.0. The van der Waals surface area contributed by atoms with Gasteiger partial charge in [-0.2, -0.15) is 0 Å². The molecule has 3 rings (SSSR count). The van der Waals surface area contributed by atoms with E-state index in [0.29, 0.717) is 26.1 Å². The topological polar surface area (TPSA) is 77.2 Å². The average Bonchev–Trinajstić information content (AvgIpc) is 2.98. The maximum absolute atomic E-state index is 13.1. The minimum Gasteiger partial charge on any atom is -0.381 e. The number of hydrogen-bond acceptors (Lipinski definition) is 5. The lowest BCUT2D eigenvalue weighted by Gasteiger charge is -2.32. The number of ether oxygens (including phenoxy) is 1. The molecule has 7 heteroatoms. The molecule has 25 heavy (non-hydrogen) atoms. The molecule has 1 aliphatic heterocycles. The third-order valence-corrected chi connectivity index (χ3v) is 5.89. The second kappa shape index (κ2) is 7.19. The Labute approximate surface area is 150 Å². The van der Waals surface area contributed by atoms with Gasteiger partial charge in [-0.25, -0.2) is 9.37 Å². The highest BCUT2D eigenvalue weighted by atomic mass is 32.1. The van der Waals surface area contributed by atoms with Crippen LogP contribution in [0, 0.1) is 12.7 Å². The summed E-state index contributed by atoms with van der Waals surface area (Å²) in [5.41, 5.74) is 7.08. The fourth-order valence-electron chi connectivity index (χ4n) is 2.89. The molecule has 1 fully saturated rings. The van der Waals surface area contributed by atoms with Crippen LogP contribution < -0.4 is 11.1 Å². The van der Waals surface area contributed by atoms with Crippen LogP contribution in [0.1, 0.15) is 36.4 Å². The van der Waals surface area contributed by atoms with Crippen molar-refractivity contribution < 1.29 is 13.9 Å². The first-order valence-electron chi connectivity index (χ1n) is 8.30. The predicted octanol–water partition coefficient (Wildman–Crippen LogP) is 2.94. The SMILES string of the molecule is Cc1nc(-c2ccc(F)cc2)sc1C(C)NC(=O)C1(N)CCOCC1. The van der Waals surface area contributed by atoms with Crippen LogP contribution in [0.15, 0.2) is 24.3 Å². The number of rotatable bonds is 4. The van der Waals surface area contributed by atoms with Gasteiger partial charge in [0, 0.05) is 18.8 Å². The largest absolute Gasteiger partial charge is 0.381 e. The summed E-state index contributed by atoms with van der Waals surface area (Å²) >= 11 is 1.50. The number of halogens is 1. The number of thiazole rings is 1. The van der Waals surface area contributed by atoms with E-state index >= 15 is 0 Å². The molecule has 1 unspecified atom stereocenters. The van der Waals surface area contributed by atoms with Crippen LogP contribution in [0.3, 0.4) is 0 Å². The molecule has 1 atom stereocenters. The smallest absolute Gasteiger partial charge is 0.240 e. The van der Waals surface area contributed by atoms with E-state index in [4.69, 9.17) is 10.5 Å². The summed E-state index contributed by atoms with van der Waals surface area (Å²) in [5.74, 6) is -0.429. The van der Waals surface area contributed by atoms with Crippen molar-refractivity contribution in [2.75, 3.05) is 13.2 Å². The molecule has 5 nitrogen and oxygen atoms in total. The van der Waals surface area contributed by atoms with Crippen molar-refractivity contribution in [2.24, 2.45) is 5.73 Å². The Morgan fingerprint density at radius 2 is 2.00 bits per heavy atom. The molecule has 2 heterocycles. The van der Waals surface area contributed by atoms with Crippen LogP contribution >= 0.6 is 11.3 Å². The minimum absolute atomic E-state index is 0.153. The van der Waals surface area contributed by atoms with Crippen molar-refractivity contribution in [3.63, 3.8) is 0 Å². The van der Waals surface area contributed by atoms with Crippen molar-refractivity contribution in [3.8, 4) is 10.6 Å². The standard InChI is InChI=1S/C18H22FN3O2S/c1-11-15(25-16(21-11)13-3-5-14(19)6-4-13)12(2)22-17(23)18(20)7-9-24-10-8-18/h3-6,12H,7-10,20H2,1-2H3,(H,22,23). The highest BCUT2D eigenvalue weighted by Gasteiger charge is 2.36. The van der Waals surface area contributed by atoms with E-state index in [9.17, 15) is 9.18 Å². The number of benzene rings is 1. The maximum atomic E-state index is 13.1. The number of carbonyl (C=O) groups excluding carboxylic acids is 1. The molecule has 0 spiro atoms. The Morgan fingerprint density at radius 1 is 1.36 bits per heavy atom. The zero-order chi connectivity index (χ0) is 18.0. The monoisotopic (exact) mass is 363 g/mol. The van der Waals surface area contributed by atoms with E-state index in [2.05, 4.69) is 10.3 Å². The Morgan fingerprint density at radius 3 is 2.64 bits per heavy atom. The Kier molecular flexibility index (Phi) is 5.17. The molecule has 0 aliphatic carbocycles. The molecule has 134 valence electrons. The van der Waals surface area contributed by atoms with Crippen molar-refractivity contribution in [3.05, 3.63) is 40.7 Å². The molecule has 1 aromatic heterocycles. The molecule has 0 radical (unpaired) electrons. The van der Waals surface area contributed by atoms with E-state index in [1.54, 1.807) is 12.1 Å². The Bertz CT molecular complexity index is 754. The van der Waals surface area contributed by atoms with Gasteiger partial charge in [0.15, 0.2) is 0 Å². The van der Waals surface area contributed by atoms with E-state index in [-0.39, 0.29) is 17.8 Å². The Hall–Kier alpha value is -1.83. The number of hydrogen-bond donors (Lipinski definition) is 2. The summed E-state index contributed by atoms with van der Waals surface area (Å²) < 4.78 is 18.4. The highest BCUT2D eigenvalue weighted by molar-refractivity contribution is 7.15. The minimum atomic E-state index is -0.870. The van der Waals surface area contributed by atoms with E-state index < -0.39 is 5.54 Å². The number of aryl methyl sites for hydroxylation is 1. The van der Waals surface area contributed by atoms with E-state index in [0.717, 1.165) is 21.1 Å². The quantitative estimate of drug-likeness (QED) is 0.876. The van der Waals surface area contributed by atoms with Gasteiger partial charge < -0.3 is 15.8 Å². The highest BCUT2D eigenvalue weighted by Crippen LogP contribution is 2.32. The van der Waals surface area contributed by atoms with Crippen LogP contribution in [-0.2, 0) is 9.53 Å². The number of carbonyl (C=O) groups is 1. The molecule has 0 bridgehead atoms. The van der Waals surface area contributed by atoms with Crippen molar-refractivity contribution in [1.82, 2.24) is 10.3 Å². The predicted molar refractivity (Wildman–Crippen MR) is 95.8 cm³/mol. The normalized spacial score (nSPS) is 17.9. The van der Waals surface area contributed by atoms with Gasteiger partial charge in [0.05, 0.1) is 22.2 Å². The van der Waals surface area contributed by atoms with Gasteiger partial charge in [-0.3, -0.25) is 4.79 Å². The number of amides is 1. The zero-order valence-electron chi connectivity index (χ0n) is 14.3. The molecular formula is C18H22FN3O2S. The van der Waals surface area contributed by atoms with Crippen molar-refractivity contribution in [2.45, 2.75) is 38.3 Å². The van der Waals surface area contributed by atoms with Crippen LogP contribution in [0.4, 0.5) is 4.39 Å². The van der Waals surface area contributed by atoms with Crippen LogP contribution in [0.2, 0.25) is 0 Å². The van der Waals surface area contributed by atoms with Gasteiger partial charge >= 0.3 is 0 Å². The Balaban J connectivity index is 1.75. The summed E-state index contributed by atoms with van der Waals surface area (Å²) in [6, 6.07) is 6.05. The summed E-state index contributed by atoms with van der Waals surface area (Å²) in [5, 5.41) is 3.82. The molecule has 1 saturated heterocycles. The maximum Gasteiger partial charge on any atom is 0.240 e. The van der Waals surface area contributed by atoms with Crippen LogP contribution in [-0.4, -0.2) is 29.6 Å². The molecule has 3 N–H and O–H groups in total. The molecule has 2 aromatic rings. The third-order valence-electron chi connectivity index (χ3n) is 4.50. The summed E-state index contributed by atoms with van der Waals surface area (Å²) in [4.78, 5) is 18.1. The van der Waals surface area contributed by atoms with E-state index in [1.807, 2.05) is 13.8 Å². The van der Waals surface area contributed by atoms with Crippen molar-refractivity contribution in [1.29, 1.82) is 0 Å². The van der Waals surface area contributed by atoms with Gasteiger partial charge in [-0.05, 0) is 51.0 Å². The van der Waals surface area contributed by atoms with Crippen molar-refractivity contribution >= 4 is 17.2 Å². The van der Waals surface area contributed by atoms with E-state index in [1.165, 1.54) is 23.5 Å². The van der Waals surface area contributed by atoms with Gasteiger partial charge in [0.25, 0.3) is 0 Å². The summed E-state index contributed by atoms with van der Waals surface area (Å²) in [6.07, 6.45) is 1.04. The van der Waals surface area contributed by atoms with Gasteiger partial charge in [0.2, 0.25) is 5.91 Å². The first-order chi connectivity index (χ1) is 11.9. The van der Waals surface area contributed by atoms with Crippen LogP contribution in [0.5, 0.6) is 0 Å². The molecule has 1 aromatic carbocycles. The molecule has 1 aliphatic rings. The fourth-order valence-corrected chi connectivity index (χ4v) is 3.97. The van der Waals surface area contributed by atoms with Gasteiger partial charge in [-0.15, -0.1) is 11.3 Å². The fraction of sp³-hybridized carbons (Fsp3) is 0.444. The average molecular weight is 363 g/mol. The summed E-state index contributed by atoms with van der Waals surface area (Å²) in [6.45, 7) is 4.85. The molecular weight excluding hydrogens is 341 g/mol. The molecule has 0 saturated carbocycles. The van der Waals surface area contributed by atoms with Gasteiger partial charge in [0.1, 0.15) is 10.8 Å². The number of nitrogens with two attached hydrogens (primary N) is 1. The lowest BCUT2D eigenvalue weighted by atomic mass is 9.90. The second-order valence-corrected chi connectivity index (χ2v) is 7.47. The van der Waals surface area contributed by atoms with Gasteiger partial charge in [-0.1, -0.05) is 0 Å². The number of nitrogens with zero attached hydrogens (tertiary/aromatic N) is 1. The molecule has 1 amide bonds. The lowest BCUT2D eigenvalue weighted by Crippen LogP contribution is -2.57. The second-order valence-electron chi connectivity index (χ2n) is 6.44. The summed E-state index contributed by atoms with van der Waals surface area (Å²) in [7, 11) is 0. The number of nitrogens with one attached hydrogen (secondary N) is 1. The lowest BCUT2D eigenvalue weighted by molar-refractivity contribution is -0.130. The van der Waals surface area contributed by atoms with Crippen LogP contribution in [0.25, 0.3) is 10.6 Å². The third kappa shape index (κ3) is 3.89.